The van der Waals surface area contributed by atoms with Crippen molar-refractivity contribution in [2.24, 2.45) is 5.92 Å². The van der Waals surface area contributed by atoms with Gasteiger partial charge in [-0.15, -0.1) is 0 Å². The number of unbranched alkanes of at least 4 members (excludes halogenated alkanes) is 1. The van der Waals surface area contributed by atoms with Crippen molar-refractivity contribution in [1.29, 1.82) is 0 Å². The standard InChI is InChI=1S/C23H26O4/c1-2-3-13-26-22(24)12-9-18-14-19-15-20(10-11-21(19)23(18)25)27-16-17-7-5-4-6-8-17/h4-8,10-11,15,18H,2-3,9,12-14,16H2,1H3. The summed E-state index contributed by atoms with van der Waals surface area (Å²) in [6.45, 7) is 3.02. The smallest absolute Gasteiger partial charge is 0.305 e. The Hall–Kier alpha value is -2.62. The summed E-state index contributed by atoms with van der Waals surface area (Å²) in [5, 5.41) is 0. The molecular weight excluding hydrogens is 340 g/mol. The summed E-state index contributed by atoms with van der Waals surface area (Å²) < 4.78 is 11.0. The van der Waals surface area contributed by atoms with Crippen LogP contribution in [0.4, 0.5) is 0 Å². The maximum absolute atomic E-state index is 12.6. The number of ether oxygens (including phenoxy) is 2. The largest absolute Gasteiger partial charge is 0.489 e. The molecule has 4 heteroatoms. The zero-order chi connectivity index (χ0) is 19.1. The average Bonchev–Trinajstić information content (AvgIpc) is 3.01. The average molecular weight is 366 g/mol. The third-order valence-corrected chi connectivity index (χ3v) is 4.89. The number of carbonyl (C=O) groups excluding carboxylic acids is 2. The van der Waals surface area contributed by atoms with E-state index in [4.69, 9.17) is 9.47 Å². The summed E-state index contributed by atoms with van der Waals surface area (Å²) in [5.74, 6) is 0.549. The van der Waals surface area contributed by atoms with Crippen LogP contribution in [0.25, 0.3) is 0 Å². The van der Waals surface area contributed by atoms with Crippen LogP contribution in [0.3, 0.4) is 0 Å². The molecule has 0 fully saturated rings. The number of ketones is 1. The zero-order valence-corrected chi connectivity index (χ0v) is 15.8. The summed E-state index contributed by atoms with van der Waals surface area (Å²) >= 11 is 0. The van der Waals surface area contributed by atoms with Crippen molar-refractivity contribution >= 4 is 11.8 Å². The number of benzene rings is 2. The zero-order valence-electron chi connectivity index (χ0n) is 15.8. The van der Waals surface area contributed by atoms with Gasteiger partial charge in [0.1, 0.15) is 12.4 Å². The number of carbonyl (C=O) groups is 2. The van der Waals surface area contributed by atoms with E-state index >= 15 is 0 Å². The van der Waals surface area contributed by atoms with E-state index in [0.717, 1.165) is 35.3 Å². The van der Waals surface area contributed by atoms with Crippen molar-refractivity contribution in [3.05, 3.63) is 65.2 Å². The first kappa shape index (κ1) is 19.2. The lowest BCUT2D eigenvalue weighted by Crippen LogP contribution is -2.13. The van der Waals surface area contributed by atoms with Gasteiger partial charge in [0.2, 0.25) is 0 Å². The molecule has 1 aliphatic carbocycles. The molecule has 2 aromatic carbocycles. The van der Waals surface area contributed by atoms with Crippen molar-refractivity contribution in [3.63, 3.8) is 0 Å². The van der Waals surface area contributed by atoms with Crippen LogP contribution in [0.15, 0.2) is 48.5 Å². The first-order valence-corrected chi connectivity index (χ1v) is 9.67. The molecule has 0 heterocycles. The van der Waals surface area contributed by atoms with Gasteiger partial charge in [-0.1, -0.05) is 43.7 Å². The molecule has 1 unspecified atom stereocenters. The fraction of sp³-hybridized carbons (Fsp3) is 0.391. The van der Waals surface area contributed by atoms with E-state index in [2.05, 4.69) is 6.92 Å². The van der Waals surface area contributed by atoms with Crippen LogP contribution in [0.2, 0.25) is 0 Å². The van der Waals surface area contributed by atoms with Gasteiger partial charge in [0.05, 0.1) is 6.61 Å². The molecule has 1 atom stereocenters. The third kappa shape index (κ3) is 5.19. The number of rotatable bonds is 9. The Labute approximate surface area is 160 Å². The Morgan fingerprint density at radius 2 is 1.96 bits per heavy atom. The Bertz CT molecular complexity index is 782. The highest BCUT2D eigenvalue weighted by Crippen LogP contribution is 2.32. The molecule has 0 saturated heterocycles. The SMILES string of the molecule is CCCCOC(=O)CCC1Cc2cc(OCc3ccccc3)ccc2C1=O. The van der Waals surface area contributed by atoms with Gasteiger partial charge in [-0.25, -0.2) is 0 Å². The molecule has 1 aliphatic rings. The number of hydrogen-bond donors (Lipinski definition) is 0. The Morgan fingerprint density at radius 3 is 2.74 bits per heavy atom. The highest BCUT2D eigenvalue weighted by Gasteiger charge is 2.31. The van der Waals surface area contributed by atoms with Crippen LogP contribution in [0.5, 0.6) is 5.75 Å². The van der Waals surface area contributed by atoms with E-state index in [1.165, 1.54) is 0 Å². The lowest BCUT2D eigenvalue weighted by atomic mass is 9.99. The van der Waals surface area contributed by atoms with Crippen molar-refractivity contribution < 1.29 is 19.1 Å². The van der Waals surface area contributed by atoms with Crippen LogP contribution < -0.4 is 4.74 Å². The van der Waals surface area contributed by atoms with Crippen molar-refractivity contribution in [2.45, 2.75) is 45.6 Å². The van der Waals surface area contributed by atoms with Gasteiger partial charge in [-0.2, -0.15) is 0 Å². The van der Waals surface area contributed by atoms with Crippen LogP contribution >= 0.6 is 0 Å². The van der Waals surface area contributed by atoms with Gasteiger partial charge in [-0.3, -0.25) is 9.59 Å². The molecule has 142 valence electrons. The maximum atomic E-state index is 12.6. The molecule has 3 rings (SSSR count). The van der Waals surface area contributed by atoms with Crippen LogP contribution in [-0.2, 0) is 22.6 Å². The summed E-state index contributed by atoms with van der Waals surface area (Å²) in [6.07, 6.45) is 3.38. The topological polar surface area (TPSA) is 52.6 Å². The molecule has 0 spiro atoms. The Morgan fingerprint density at radius 1 is 1.15 bits per heavy atom. The summed E-state index contributed by atoms with van der Waals surface area (Å²) in [5.41, 5.74) is 2.87. The molecule has 0 radical (unpaired) electrons. The van der Waals surface area contributed by atoms with Crippen LogP contribution in [0.1, 0.15) is 54.1 Å². The van der Waals surface area contributed by atoms with E-state index in [9.17, 15) is 9.59 Å². The first-order valence-electron chi connectivity index (χ1n) is 9.67. The van der Waals surface area contributed by atoms with Crippen LogP contribution in [0, 0.1) is 5.92 Å². The summed E-state index contributed by atoms with van der Waals surface area (Å²) in [7, 11) is 0. The molecule has 0 amide bonds. The van der Waals surface area contributed by atoms with Gasteiger partial charge in [0.25, 0.3) is 0 Å². The second-order valence-corrected chi connectivity index (χ2v) is 6.97. The van der Waals surface area contributed by atoms with Gasteiger partial charge in [0.15, 0.2) is 5.78 Å². The second-order valence-electron chi connectivity index (χ2n) is 6.97. The highest BCUT2D eigenvalue weighted by molar-refractivity contribution is 6.02. The molecule has 0 aromatic heterocycles. The minimum atomic E-state index is -0.209. The van der Waals surface area contributed by atoms with Crippen molar-refractivity contribution in [2.75, 3.05) is 6.61 Å². The first-order chi connectivity index (χ1) is 13.2. The fourth-order valence-corrected chi connectivity index (χ4v) is 3.32. The molecular formula is C23H26O4. The summed E-state index contributed by atoms with van der Waals surface area (Å²) in [4.78, 5) is 24.3. The van der Waals surface area contributed by atoms with Gasteiger partial charge >= 0.3 is 5.97 Å². The Kier molecular flexibility index (Phi) is 6.64. The van der Waals surface area contributed by atoms with Crippen molar-refractivity contribution in [1.82, 2.24) is 0 Å². The molecule has 27 heavy (non-hydrogen) atoms. The fourth-order valence-electron chi connectivity index (χ4n) is 3.32. The van der Waals surface area contributed by atoms with E-state index in [0.29, 0.717) is 32.5 Å². The van der Waals surface area contributed by atoms with Crippen molar-refractivity contribution in [3.8, 4) is 5.75 Å². The molecule has 2 aromatic rings. The van der Waals surface area contributed by atoms with Crippen LogP contribution in [-0.4, -0.2) is 18.4 Å². The predicted molar refractivity (Wildman–Crippen MR) is 104 cm³/mol. The number of Topliss-reactive ketones (excluding diaryl/α,β-unsaturated/α-hetero) is 1. The van der Waals surface area contributed by atoms with E-state index in [-0.39, 0.29) is 17.7 Å². The highest BCUT2D eigenvalue weighted by atomic mass is 16.5. The molecule has 0 saturated carbocycles. The van der Waals surface area contributed by atoms with E-state index in [1.807, 2.05) is 48.5 Å². The van der Waals surface area contributed by atoms with E-state index < -0.39 is 0 Å². The molecule has 4 nitrogen and oxygen atoms in total. The lowest BCUT2D eigenvalue weighted by Gasteiger charge is -2.08. The maximum Gasteiger partial charge on any atom is 0.305 e. The minimum Gasteiger partial charge on any atom is -0.489 e. The molecule has 0 N–H and O–H groups in total. The second kappa shape index (κ2) is 9.36. The monoisotopic (exact) mass is 366 g/mol. The van der Waals surface area contributed by atoms with Gasteiger partial charge < -0.3 is 9.47 Å². The Balaban J connectivity index is 1.53. The molecule has 0 aliphatic heterocycles. The normalized spacial score (nSPS) is 15.4. The van der Waals surface area contributed by atoms with Gasteiger partial charge in [0, 0.05) is 17.9 Å². The summed E-state index contributed by atoms with van der Waals surface area (Å²) in [6, 6.07) is 15.6. The number of fused-ring (bicyclic) bond motifs is 1. The molecule has 0 bridgehead atoms. The number of esters is 1. The van der Waals surface area contributed by atoms with E-state index in [1.54, 1.807) is 0 Å². The van der Waals surface area contributed by atoms with Gasteiger partial charge in [-0.05, 0) is 48.6 Å². The quantitative estimate of drug-likeness (QED) is 0.475. The lowest BCUT2D eigenvalue weighted by molar-refractivity contribution is -0.144. The predicted octanol–water partition coefficient (Wildman–Crippen LogP) is 4.74. The third-order valence-electron chi connectivity index (χ3n) is 4.89. The minimum absolute atomic E-state index is 0.126. The number of hydrogen-bond acceptors (Lipinski definition) is 4.